The molecule has 0 saturated carbocycles. The van der Waals surface area contributed by atoms with E-state index in [2.05, 4.69) is 31.3 Å². The van der Waals surface area contributed by atoms with Crippen molar-refractivity contribution in [3.8, 4) is 0 Å². The summed E-state index contributed by atoms with van der Waals surface area (Å²) in [7, 11) is 0. The largest absolute Gasteiger partial charge is 0.394 e. The average Bonchev–Trinajstić information content (AvgIpc) is 3.34. The number of nitrogens with one attached hydrogen (secondary N) is 1. The van der Waals surface area contributed by atoms with Gasteiger partial charge in [0.15, 0.2) is 6.29 Å². The molecule has 0 aromatic rings. The fourth-order valence-electron chi connectivity index (χ4n) is 9.56. The van der Waals surface area contributed by atoms with E-state index in [-0.39, 0.29) is 12.8 Å². The maximum atomic E-state index is 13.1. The molecule has 0 aromatic carbocycles. The highest BCUT2D eigenvalue weighted by molar-refractivity contribution is 5.80. The molecule has 68 heavy (non-hydrogen) atoms. The number of hydrogen-bond donors (Lipinski definition) is 8. The van der Waals surface area contributed by atoms with E-state index in [0.29, 0.717) is 12.8 Å². The number of amides is 1. The van der Waals surface area contributed by atoms with Gasteiger partial charge in [0.25, 0.3) is 0 Å². The molecule has 11 heteroatoms. The smallest absolute Gasteiger partial charge is 0.249 e. The summed E-state index contributed by atoms with van der Waals surface area (Å²) in [6.45, 7) is 3.44. The molecule has 11 nitrogen and oxygen atoms in total. The molecule has 1 heterocycles. The molecular weight excluding hydrogens is 859 g/mol. The standard InChI is InChI=1S/C57H111NO10/c1-3-5-7-9-11-13-15-16-17-18-19-20-21-22-23-24-25-26-27-28-29-30-31-32-33-34-35-37-38-40-42-44-49(60)52(62)48(47-67-57-55(65)54(64)53(63)51(46-59)68-57)58-56(66)50(61)45-43-41-39-36-14-12-10-8-6-4-2/h37-38,48-55,57,59-65H,3-36,39-47H2,1-2H3,(H,58,66)/b38-37+. The van der Waals surface area contributed by atoms with Crippen molar-refractivity contribution in [3.05, 3.63) is 12.2 Å². The summed E-state index contributed by atoms with van der Waals surface area (Å²) in [5, 5.41) is 75.8. The van der Waals surface area contributed by atoms with Gasteiger partial charge in [0.05, 0.1) is 25.4 Å². The van der Waals surface area contributed by atoms with Crippen molar-refractivity contribution in [2.45, 2.75) is 332 Å². The van der Waals surface area contributed by atoms with E-state index in [9.17, 15) is 40.5 Å². The predicted molar refractivity (Wildman–Crippen MR) is 279 cm³/mol. The van der Waals surface area contributed by atoms with Gasteiger partial charge in [-0.05, 0) is 38.5 Å². The van der Waals surface area contributed by atoms with Crippen LogP contribution in [0.2, 0.25) is 0 Å². The number of unbranched alkanes of at least 4 members (excludes halogenated alkanes) is 36. The highest BCUT2D eigenvalue weighted by Crippen LogP contribution is 2.23. The minimum absolute atomic E-state index is 0.257. The number of carbonyl (C=O) groups is 1. The lowest BCUT2D eigenvalue weighted by atomic mass is 9.98. The van der Waals surface area contributed by atoms with E-state index in [1.54, 1.807) is 0 Å². The molecule has 404 valence electrons. The number of allylic oxidation sites excluding steroid dienone is 2. The highest BCUT2D eigenvalue weighted by atomic mass is 16.7. The molecule has 1 aliphatic rings. The summed E-state index contributed by atoms with van der Waals surface area (Å²) in [5.41, 5.74) is 0. The second-order valence-corrected chi connectivity index (χ2v) is 20.7. The zero-order valence-electron chi connectivity index (χ0n) is 44.1. The molecule has 0 spiro atoms. The number of aliphatic hydroxyl groups excluding tert-OH is 7. The van der Waals surface area contributed by atoms with Crippen LogP contribution in [0.1, 0.15) is 277 Å². The van der Waals surface area contributed by atoms with Crippen LogP contribution in [0.4, 0.5) is 0 Å². The monoisotopic (exact) mass is 970 g/mol. The summed E-state index contributed by atoms with van der Waals surface area (Å²) in [6.07, 6.45) is 43.1. The molecule has 0 bridgehead atoms. The summed E-state index contributed by atoms with van der Waals surface area (Å²) in [4.78, 5) is 13.1. The van der Waals surface area contributed by atoms with Crippen molar-refractivity contribution in [1.82, 2.24) is 5.32 Å². The van der Waals surface area contributed by atoms with Crippen LogP contribution in [0, 0.1) is 0 Å². The van der Waals surface area contributed by atoms with Gasteiger partial charge in [-0.25, -0.2) is 0 Å². The molecule has 8 N–H and O–H groups in total. The lowest BCUT2D eigenvalue weighted by molar-refractivity contribution is -0.303. The number of ether oxygens (including phenoxy) is 2. The van der Waals surface area contributed by atoms with Gasteiger partial charge >= 0.3 is 0 Å². The van der Waals surface area contributed by atoms with Crippen LogP contribution >= 0.6 is 0 Å². The van der Waals surface area contributed by atoms with Crippen molar-refractivity contribution >= 4 is 5.91 Å². The van der Waals surface area contributed by atoms with Crippen LogP contribution in [0.3, 0.4) is 0 Å². The van der Waals surface area contributed by atoms with Gasteiger partial charge < -0.3 is 50.5 Å². The number of rotatable bonds is 50. The minimum atomic E-state index is -1.66. The Balaban J connectivity index is 2.20. The Bertz CT molecular complexity index is 1110. The van der Waals surface area contributed by atoms with Gasteiger partial charge in [-0.15, -0.1) is 0 Å². The molecule has 1 rings (SSSR count). The maximum absolute atomic E-state index is 13.1. The van der Waals surface area contributed by atoms with Crippen molar-refractivity contribution in [2.24, 2.45) is 0 Å². The molecule has 0 aliphatic carbocycles. The fraction of sp³-hybridized carbons (Fsp3) is 0.947. The summed E-state index contributed by atoms with van der Waals surface area (Å²) >= 11 is 0. The number of hydrogen-bond acceptors (Lipinski definition) is 10. The first-order chi connectivity index (χ1) is 33.2. The summed E-state index contributed by atoms with van der Waals surface area (Å²) < 4.78 is 11.1. The van der Waals surface area contributed by atoms with Crippen molar-refractivity contribution in [1.29, 1.82) is 0 Å². The first-order valence-corrected chi connectivity index (χ1v) is 29.1. The zero-order chi connectivity index (χ0) is 49.7. The van der Waals surface area contributed by atoms with Gasteiger partial charge in [-0.2, -0.15) is 0 Å². The number of aliphatic hydroxyl groups is 7. The van der Waals surface area contributed by atoms with Crippen LogP contribution in [0.5, 0.6) is 0 Å². The van der Waals surface area contributed by atoms with E-state index in [1.165, 1.54) is 199 Å². The van der Waals surface area contributed by atoms with Crippen molar-refractivity contribution < 1.29 is 50.0 Å². The second-order valence-electron chi connectivity index (χ2n) is 20.7. The Labute approximate surface area is 417 Å². The predicted octanol–water partition coefficient (Wildman–Crippen LogP) is 12.0. The lowest BCUT2D eigenvalue weighted by Crippen LogP contribution is -2.60. The third-order valence-electron chi connectivity index (χ3n) is 14.3. The van der Waals surface area contributed by atoms with Gasteiger partial charge in [-0.3, -0.25) is 4.79 Å². The van der Waals surface area contributed by atoms with Crippen LogP contribution in [-0.4, -0.2) is 110 Å². The minimum Gasteiger partial charge on any atom is -0.394 e. The molecule has 9 unspecified atom stereocenters. The first kappa shape index (κ1) is 64.9. The Morgan fingerprint density at radius 3 is 1.26 bits per heavy atom. The molecule has 1 fully saturated rings. The van der Waals surface area contributed by atoms with Crippen LogP contribution in [0.25, 0.3) is 0 Å². The first-order valence-electron chi connectivity index (χ1n) is 29.1. The number of carbonyl (C=O) groups excluding carboxylic acids is 1. The van der Waals surface area contributed by atoms with Gasteiger partial charge in [0.1, 0.15) is 36.6 Å². The van der Waals surface area contributed by atoms with Crippen LogP contribution in [0.15, 0.2) is 12.2 Å². The van der Waals surface area contributed by atoms with Crippen LogP contribution in [-0.2, 0) is 14.3 Å². The summed E-state index contributed by atoms with van der Waals surface area (Å²) in [6, 6.07) is -1.18. The quantitative estimate of drug-likeness (QED) is 0.0215. The topological polar surface area (TPSA) is 189 Å². The highest BCUT2D eigenvalue weighted by Gasteiger charge is 2.44. The van der Waals surface area contributed by atoms with E-state index >= 15 is 0 Å². The van der Waals surface area contributed by atoms with Gasteiger partial charge in [-0.1, -0.05) is 251 Å². The molecule has 0 radical (unpaired) electrons. The molecule has 0 aromatic heterocycles. The Hall–Kier alpha value is -1.15. The van der Waals surface area contributed by atoms with E-state index in [4.69, 9.17) is 9.47 Å². The van der Waals surface area contributed by atoms with E-state index in [1.807, 2.05) is 0 Å². The molecule has 1 amide bonds. The second kappa shape index (κ2) is 46.9. The zero-order valence-corrected chi connectivity index (χ0v) is 44.1. The molecule has 1 saturated heterocycles. The lowest BCUT2D eigenvalue weighted by Gasteiger charge is -2.40. The van der Waals surface area contributed by atoms with Gasteiger partial charge in [0, 0.05) is 0 Å². The SMILES string of the molecule is CCCCCCCCCCCCCCCCCCCCCCCCCCCC/C=C/CCCC(O)C(O)C(COC1OC(CO)C(O)C(O)C1O)NC(=O)C(O)CCCCCCCCCCCC. The third-order valence-corrected chi connectivity index (χ3v) is 14.3. The summed E-state index contributed by atoms with van der Waals surface area (Å²) in [5.74, 6) is -0.705. The molecule has 9 atom stereocenters. The van der Waals surface area contributed by atoms with E-state index in [0.717, 1.165) is 38.5 Å². The average molecular weight is 971 g/mol. The fourth-order valence-corrected chi connectivity index (χ4v) is 9.56. The maximum Gasteiger partial charge on any atom is 0.249 e. The Kier molecular flexibility index (Phi) is 44.7. The molecule has 1 aliphatic heterocycles. The Morgan fingerprint density at radius 1 is 0.500 bits per heavy atom. The Morgan fingerprint density at radius 2 is 0.868 bits per heavy atom. The van der Waals surface area contributed by atoms with Crippen LogP contribution < -0.4 is 5.32 Å². The van der Waals surface area contributed by atoms with Crippen molar-refractivity contribution in [2.75, 3.05) is 13.2 Å². The third kappa shape index (κ3) is 35.1. The van der Waals surface area contributed by atoms with Crippen molar-refractivity contribution in [3.63, 3.8) is 0 Å². The van der Waals surface area contributed by atoms with Gasteiger partial charge in [0.2, 0.25) is 5.91 Å². The normalized spacial score (nSPS) is 20.5. The molecular formula is C57H111NO10. The van der Waals surface area contributed by atoms with E-state index < -0.39 is 74.2 Å².